The average Bonchev–Trinajstić information content (AvgIpc) is 2.10. The van der Waals surface area contributed by atoms with E-state index in [2.05, 4.69) is 20.9 Å². The van der Waals surface area contributed by atoms with Gasteiger partial charge in [-0.05, 0) is 40.4 Å². The Morgan fingerprint density at radius 1 is 1.57 bits per heavy atom. The first-order valence-electron chi connectivity index (χ1n) is 4.60. The first-order chi connectivity index (χ1) is 6.68. The molecule has 1 N–H and O–H groups in total. The van der Waals surface area contributed by atoms with Crippen LogP contribution in [0.1, 0.15) is 24.8 Å². The smallest absolute Gasteiger partial charge is 0.129 e. The zero-order valence-electron chi connectivity index (χ0n) is 7.63. The Bertz CT molecular complexity index is 346. The van der Waals surface area contributed by atoms with Gasteiger partial charge in [0.2, 0.25) is 0 Å². The first kappa shape index (κ1) is 10.4. The number of hydrogen-bond acceptors (Lipinski definition) is 2. The van der Waals surface area contributed by atoms with Crippen LogP contribution in [-0.4, -0.2) is 16.7 Å². The highest BCUT2D eigenvalue weighted by Crippen LogP contribution is 2.46. The average molecular weight is 277 g/mol. The fourth-order valence-corrected chi connectivity index (χ4v) is 2.73. The van der Waals surface area contributed by atoms with Gasteiger partial charge in [-0.25, -0.2) is 4.98 Å². The Labute approximate surface area is 96.4 Å². The topological polar surface area (TPSA) is 33.1 Å². The summed E-state index contributed by atoms with van der Waals surface area (Å²) in [5.41, 5.74) is 1.01. The van der Waals surface area contributed by atoms with Crippen LogP contribution in [0.2, 0.25) is 5.15 Å². The molecule has 0 atom stereocenters. The van der Waals surface area contributed by atoms with E-state index in [0.29, 0.717) is 5.15 Å². The third-order valence-electron chi connectivity index (χ3n) is 3.01. The Morgan fingerprint density at radius 2 is 2.29 bits per heavy atom. The molecule has 0 amide bonds. The van der Waals surface area contributed by atoms with Gasteiger partial charge in [0.15, 0.2) is 0 Å². The highest BCUT2D eigenvalue weighted by molar-refractivity contribution is 9.10. The minimum Gasteiger partial charge on any atom is -0.395 e. The predicted octanol–water partition coefficient (Wildman–Crippen LogP) is 2.91. The van der Waals surface area contributed by atoms with Gasteiger partial charge in [0.1, 0.15) is 5.15 Å². The fraction of sp³-hybridized carbons (Fsp3) is 0.500. The largest absolute Gasteiger partial charge is 0.395 e. The minimum absolute atomic E-state index is 0.0780. The molecule has 1 aliphatic carbocycles. The van der Waals surface area contributed by atoms with Crippen LogP contribution in [0.15, 0.2) is 16.7 Å². The van der Waals surface area contributed by atoms with Crippen LogP contribution in [0.3, 0.4) is 0 Å². The second-order valence-corrected chi connectivity index (χ2v) is 5.02. The SMILES string of the molecule is OCC1(c2cc(Cl)ncc2Br)CCC1. The van der Waals surface area contributed by atoms with E-state index in [1.807, 2.05) is 6.07 Å². The molecule has 14 heavy (non-hydrogen) atoms. The van der Waals surface area contributed by atoms with Gasteiger partial charge >= 0.3 is 0 Å². The fourth-order valence-electron chi connectivity index (χ4n) is 1.94. The van der Waals surface area contributed by atoms with E-state index in [9.17, 15) is 5.11 Å². The minimum atomic E-state index is -0.0780. The van der Waals surface area contributed by atoms with Crippen LogP contribution in [0.25, 0.3) is 0 Å². The zero-order valence-corrected chi connectivity index (χ0v) is 9.98. The summed E-state index contributed by atoms with van der Waals surface area (Å²) in [5.74, 6) is 0. The van der Waals surface area contributed by atoms with E-state index in [4.69, 9.17) is 11.6 Å². The third kappa shape index (κ3) is 1.58. The Balaban J connectivity index is 2.43. The Hall–Kier alpha value is -0.120. The van der Waals surface area contributed by atoms with Crippen molar-refractivity contribution in [2.75, 3.05) is 6.61 Å². The Kier molecular flexibility index (Phi) is 2.82. The van der Waals surface area contributed by atoms with Crippen molar-refractivity contribution in [3.63, 3.8) is 0 Å². The van der Waals surface area contributed by atoms with Crippen LogP contribution in [-0.2, 0) is 5.41 Å². The maximum Gasteiger partial charge on any atom is 0.129 e. The molecule has 76 valence electrons. The summed E-state index contributed by atoms with van der Waals surface area (Å²) < 4.78 is 0.940. The van der Waals surface area contributed by atoms with Gasteiger partial charge in [-0.1, -0.05) is 18.0 Å². The molecule has 2 rings (SSSR count). The van der Waals surface area contributed by atoms with Crippen molar-refractivity contribution in [1.82, 2.24) is 4.98 Å². The molecule has 0 aromatic carbocycles. The van der Waals surface area contributed by atoms with Gasteiger partial charge in [0, 0.05) is 16.1 Å². The van der Waals surface area contributed by atoms with E-state index in [1.165, 1.54) is 6.42 Å². The number of rotatable bonds is 2. The second-order valence-electron chi connectivity index (χ2n) is 3.78. The summed E-state index contributed by atoms with van der Waals surface area (Å²) in [4.78, 5) is 3.98. The normalized spacial score (nSPS) is 19.1. The maximum atomic E-state index is 9.42. The summed E-state index contributed by atoms with van der Waals surface area (Å²) in [7, 11) is 0. The number of aliphatic hydroxyl groups is 1. The molecule has 1 fully saturated rings. The molecule has 1 heterocycles. The number of nitrogens with zero attached hydrogens (tertiary/aromatic N) is 1. The Morgan fingerprint density at radius 3 is 2.79 bits per heavy atom. The summed E-state index contributed by atoms with van der Waals surface area (Å²) in [5, 5.41) is 9.91. The lowest BCUT2D eigenvalue weighted by Gasteiger charge is -2.41. The van der Waals surface area contributed by atoms with Crippen molar-refractivity contribution in [1.29, 1.82) is 0 Å². The van der Waals surface area contributed by atoms with E-state index >= 15 is 0 Å². The monoisotopic (exact) mass is 275 g/mol. The molecule has 0 saturated heterocycles. The van der Waals surface area contributed by atoms with Crippen molar-refractivity contribution in [2.45, 2.75) is 24.7 Å². The maximum absolute atomic E-state index is 9.42. The molecular formula is C10H11BrClNO. The highest BCUT2D eigenvalue weighted by Gasteiger charge is 2.39. The van der Waals surface area contributed by atoms with Gasteiger partial charge in [-0.15, -0.1) is 0 Å². The molecule has 1 aliphatic rings. The van der Waals surface area contributed by atoms with Crippen LogP contribution in [0.5, 0.6) is 0 Å². The molecule has 0 bridgehead atoms. The number of aliphatic hydroxyl groups excluding tert-OH is 1. The molecule has 0 aliphatic heterocycles. The van der Waals surface area contributed by atoms with Gasteiger partial charge in [-0.3, -0.25) is 0 Å². The van der Waals surface area contributed by atoms with Crippen LogP contribution >= 0.6 is 27.5 Å². The molecule has 0 spiro atoms. The van der Waals surface area contributed by atoms with E-state index in [-0.39, 0.29) is 12.0 Å². The molecule has 0 unspecified atom stereocenters. The summed E-state index contributed by atoms with van der Waals surface area (Å²) in [6.07, 6.45) is 4.94. The first-order valence-corrected chi connectivity index (χ1v) is 5.77. The second kappa shape index (κ2) is 3.80. The zero-order chi connectivity index (χ0) is 10.2. The highest BCUT2D eigenvalue weighted by atomic mass is 79.9. The quantitative estimate of drug-likeness (QED) is 0.843. The molecule has 2 nitrogen and oxygen atoms in total. The lowest BCUT2D eigenvalue weighted by molar-refractivity contribution is 0.119. The third-order valence-corrected chi connectivity index (χ3v) is 3.85. The molecule has 4 heteroatoms. The molecule has 1 saturated carbocycles. The summed E-state index contributed by atoms with van der Waals surface area (Å²) in [6, 6.07) is 1.85. The molecule has 0 radical (unpaired) electrons. The van der Waals surface area contributed by atoms with Crippen molar-refractivity contribution in [2.24, 2.45) is 0 Å². The predicted molar refractivity (Wildman–Crippen MR) is 59.6 cm³/mol. The number of pyridine rings is 1. The summed E-state index contributed by atoms with van der Waals surface area (Å²) >= 11 is 9.30. The van der Waals surface area contributed by atoms with E-state index in [1.54, 1.807) is 6.20 Å². The van der Waals surface area contributed by atoms with E-state index in [0.717, 1.165) is 22.9 Å². The summed E-state index contributed by atoms with van der Waals surface area (Å²) in [6.45, 7) is 0.186. The van der Waals surface area contributed by atoms with Crippen molar-refractivity contribution >= 4 is 27.5 Å². The van der Waals surface area contributed by atoms with Crippen LogP contribution < -0.4 is 0 Å². The molecule has 1 aromatic heterocycles. The van der Waals surface area contributed by atoms with Gasteiger partial charge < -0.3 is 5.11 Å². The van der Waals surface area contributed by atoms with Crippen molar-refractivity contribution in [3.05, 3.63) is 27.5 Å². The van der Waals surface area contributed by atoms with Crippen LogP contribution in [0, 0.1) is 0 Å². The van der Waals surface area contributed by atoms with Gasteiger partial charge in [0.25, 0.3) is 0 Å². The van der Waals surface area contributed by atoms with Gasteiger partial charge in [0.05, 0.1) is 6.61 Å². The number of hydrogen-bond donors (Lipinski definition) is 1. The van der Waals surface area contributed by atoms with Crippen molar-refractivity contribution < 1.29 is 5.11 Å². The number of aromatic nitrogens is 1. The molecule has 1 aromatic rings. The lowest BCUT2D eigenvalue weighted by atomic mass is 9.65. The lowest BCUT2D eigenvalue weighted by Crippen LogP contribution is -2.38. The standard InChI is InChI=1S/C10H11BrClNO/c11-8-5-13-9(12)4-7(8)10(6-14)2-1-3-10/h4-5,14H,1-3,6H2. The van der Waals surface area contributed by atoms with Crippen molar-refractivity contribution in [3.8, 4) is 0 Å². The van der Waals surface area contributed by atoms with Gasteiger partial charge in [-0.2, -0.15) is 0 Å². The number of halogens is 2. The molecular weight excluding hydrogens is 265 g/mol. The van der Waals surface area contributed by atoms with E-state index < -0.39 is 0 Å². The van der Waals surface area contributed by atoms with Crippen LogP contribution in [0.4, 0.5) is 0 Å².